The molecule has 43 heavy (non-hydrogen) atoms. The molecular formula is C41H36N2. The first-order chi connectivity index (χ1) is 21.0. The lowest BCUT2D eigenvalue weighted by atomic mass is 10.0. The minimum absolute atomic E-state index is 0.814. The molecule has 0 amide bonds. The summed E-state index contributed by atoms with van der Waals surface area (Å²) in [6.07, 6.45) is 9.20. The van der Waals surface area contributed by atoms with Crippen molar-refractivity contribution in [3.63, 3.8) is 0 Å². The molecule has 0 fully saturated rings. The molecule has 1 N–H and O–H groups in total. The van der Waals surface area contributed by atoms with Crippen LogP contribution in [0.5, 0.6) is 0 Å². The zero-order valence-corrected chi connectivity index (χ0v) is 24.8. The van der Waals surface area contributed by atoms with E-state index in [1.54, 1.807) is 0 Å². The summed E-state index contributed by atoms with van der Waals surface area (Å²) in [5, 5.41) is 6.21. The van der Waals surface area contributed by atoms with E-state index in [4.69, 9.17) is 0 Å². The molecule has 210 valence electrons. The van der Waals surface area contributed by atoms with Gasteiger partial charge >= 0.3 is 0 Å². The van der Waals surface area contributed by atoms with Crippen LogP contribution in [0.2, 0.25) is 0 Å². The first-order valence-electron chi connectivity index (χ1n) is 14.7. The predicted octanol–water partition coefficient (Wildman–Crippen LogP) is 10.9. The number of rotatable bonds is 8. The Hall–Kier alpha value is -5.34. The summed E-state index contributed by atoms with van der Waals surface area (Å²) in [4.78, 5) is 2.41. The molecule has 1 aliphatic rings. The smallest absolute Gasteiger partial charge is 0.0537 e. The zero-order valence-electron chi connectivity index (χ0n) is 24.8. The Balaban J connectivity index is 1.51. The molecule has 2 heteroatoms. The van der Waals surface area contributed by atoms with E-state index in [1.165, 1.54) is 50.1 Å². The number of fused-ring (bicyclic) bond motifs is 2. The van der Waals surface area contributed by atoms with Gasteiger partial charge in [0.1, 0.15) is 0 Å². The van der Waals surface area contributed by atoms with Gasteiger partial charge in [0, 0.05) is 40.1 Å². The Morgan fingerprint density at radius 1 is 0.721 bits per heavy atom. The van der Waals surface area contributed by atoms with Crippen LogP contribution < -0.4 is 10.2 Å². The van der Waals surface area contributed by atoms with Crippen molar-refractivity contribution >= 4 is 33.9 Å². The molecule has 0 aliphatic carbocycles. The minimum atomic E-state index is 0.814. The molecule has 5 aromatic rings. The second kappa shape index (κ2) is 12.3. The maximum Gasteiger partial charge on any atom is 0.0537 e. The third-order valence-electron chi connectivity index (χ3n) is 8.11. The summed E-state index contributed by atoms with van der Waals surface area (Å²) in [7, 11) is 0. The zero-order chi connectivity index (χ0) is 29.8. The second-order valence-corrected chi connectivity index (χ2v) is 11.0. The normalized spacial score (nSPS) is 14.2. The van der Waals surface area contributed by atoms with Gasteiger partial charge in [0.15, 0.2) is 0 Å². The molecule has 0 bridgehead atoms. The molecule has 0 saturated heterocycles. The summed E-state index contributed by atoms with van der Waals surface area (Å²) in [6.45, 7) is 13.0. The van der Waals surface area contributed by atoms with Gasteiger partial charge in [0.25, 0.3) is 0 Å². The highest BCUT2D eigenvalue weighted by Crippen LogP contribution is 2.44. The van der Waals surface area contributed by atoms with Crippen LogP contribution in [0.3, 0.4) is 0 Å². The van der Waals surface area contributed by atoms with E-state index in [0.717, 1.165) is 29.0 Å². The molecule has 0 unspecified atom stereocenters. The van der Waals surface area contributed by atoms with Crippen LogP contribution in [-0.4, -0.2) is 0 Å². The van der Waals surface area contributed by atoms with Crippen LogP contribution >= 0.6 is 0 Å². The Morgan fingerprint density at radius 3 is 2.21 bits per heavy atom. The fraction of sp³-hybridized carbons (Fsp3) is 0.0732. The molecule has 1 aliphatic heterocycles. The van der Waals surface area contributed by atoms with Crippen LogP contribution in [0, 0.1) is 13.8 Å². The summed E-state index contributed by atoms with van der Waals surface area (Å²) >= 11 is 0. The standard InChI is InChI=1S/C41H36N2/c1-5-36(30(3)23-25-32-16-10-9-15-29(32)2)39(42-34-18-7-6-8-19-34)28-35-27-33-17-11-14-22-40(33)43(35)41-26-24-31(4)37-20-12-13-21-38(37)41/h5-26,28,42H,1,3,27H2,2,4H3/b25-23-,35-28+,39-36-. The highest BCUT2D eigenvalue weighted by Gasteiger charge is 2.27. The number of hydrogen-bond acceptors (Lipinski definition) is 2. The molecular weight excluding hydrogens is 520 g/mol. The van der Waals surface area contributed by atoms with E-state index in [1.807, 2.05) is 24.3 Å². The topological polar surface area (TPSA) is 15.3 Å². The predicted molar refractivity (Wildman–Crippen MR) is 186 cm³/mol. The molecule has 0 aromatic heterocycles. The number of nitrogens with one attached hydrogen (secondary N) is 1. The van der Waals surface area contributed by atoms with Crippen molar-refractivity contribution in [3.05, 3.63) is 191 Å². The average Bonchev–Trinajstić information content (AvgIpc) is 3.39. The van der Waals surface area contributed by atoms with Gasteiger partial charge in [0.05, 0.1) is 5.69 Å². The SMILES string of the molecule is C=C/C(C(=C)/C=C\c1ccccc1C)=C(\C=C1/Cc2ccccc2N1c1ccc(C)c2ccccc12)Nc1ccccc1. The first kappa shape index (κ1) is 27.8. The number of hydrogen-bond donors (Lipinski definition) is 1. The van der Waals surface area contributed by atoms with E-state index in [9.17, 15) is 0 Å². The van der Waals surface area contributed by atoms with Crippen LogP contribution in [-0.2, 0) is 6.42 Å². The Kier molecular flexibility index (Phi) is 7.93. The van der Waals surface area contributed by atoms with Gasteiger partial charge in [-0.3, -0.25) is 0 Å². The highest BCUT2D eigenvalue weighted by molar-refractivity contribution is 6.00. The lowest BCUT2D eigenvalue weighted by Gasteiger charge is -2.25. The number of benzene rings is 5. The van der Waals surface area contributed by atoms with Gasteiger partial charge in [0.2, 0.25) is 0 Å². The van der Waals surface area contributed by atoms with Crippen LogP contribution in [0.25, 0.3) is 16.8 Å². The van der Waals surface area contributed by atoms with E-state index < -0.39 is 0 Å². The van der Waals surface area contributed by atoms with Crippen molar-refractivity contribution < 1.29 is 0 Å². The van der Waals surface area contributed by atoms with E-state index in [0.29, 0.717) is 0 Å². The van der Waals surface area contributed by atoms with Gasteiger partial charge in [-0.05, 0) is 77.4 Å². The van der Waals surface area contributed by atoms with Gasteiger partial charge in [-0.1, -0.05) is 122 Å². The van der Waals surface area contributed by atoms with Crippen molar-refractivity contribution in [1.82, 2.24) is 0 Å². The van der Waals surface area contributed by atoms with E-state index >= 15 is 0 Å². The number of aryl methyl sites for hydroxylation is 2. The lowest BCUT2D eigenvalue weighted by Crippen LogP contribution is -2.14. The Morgan fingerprint density at radius 2 is 1.42 bits per heavy atom. The molecule has 6 rings (SSSR count). The van der Waals surface area contributed by atoms with E-state index in [-0.39, 0.29) is 0 Å². The largest absolute Gasteiger partial charge is 0.355 e. The fourth-order valence-corrected chi connectivity index (χ4v) is 5.83. The first-order valence-corrected chi connectivity index (χ1v) is 14.7. The van der Waals surface area contributed by atoms with Gasteiger partial charge < -0.3 is 10.2 Å². The molecule has 0 atom stereocenters. The molecule has 0 radical (unpaired) electrons. The van der Waals surface area contributed by atoms with Crippen molar-refractivity contribution in [2.75, 3.05) is 10.2 Å². The van der Waals surface area contributed by atoms with Crippen molar-refractivity contribution in [2.45, 2.75) is 20.3 Å². The number of para-hydroxylation sites is 2. The third kappa shape index (κ3) is 5.73. The maximum atomic E-state index is 4.48. The van der Waals surface area contributed by atoms with Crippen LogP contribution in [0.4, 0.5) is 17.1 Å². The average molecular weight is 557 g/mol. The number of anilines is 3. The van der Waals surface area contributed by atoms with E-state index in [2.05, 4.69) is 153 Å². The molecule has 2 nitrogen and oxygen atoms in total. The quantitative estimate of drug-likeness (QED) is 0.191. The van der Waals surface area contributed by atoms with Gasteiger partial charge in [-0.15, -0.1) is 0 Å². The van der Waals surface area contributed by atoms with Crippen molar-refractivity contribution in [2.24, 2.45) is 0 Å². The van der Waals surface area contributed by atoms with Gasteiger partial charge in [-0.2, -0.15) is 0 Å². The second-order valence-electron chi connectivity index (χ2n) is 11.0. The number of nitrogens with zero attached hydrogens (tertiary/aromatic N) is 1. The Bertz CT molecular complexity index is 1920. The van der Waals surface area contributed by atoms with Crippen LogP contribution in [0.1, 0.15) is 22.3 Å². The monoisotopic (exact) mass is 556 g/mol. The molecule has 5 aromatic carbocycles. The third-order valence-corrected chi connectivity index (χ3v) is 8.11. The maximum absolute atomic E-state index is 4.48. The summed E-state index contributed by atoms with van der Waals surface area (Å²) in [5.74, 6) is 0. The minimum Gasteiger partial charge on any atom is -0.355 e. The van der Waals surface area contributed by atoms with Gasteiger partial charge in [-0.25, -0.2) is 0 Å². The number of allylic oxidation sites excluding steroid dienone is 6. The van der Waals surface area contributed by atoms with Crippen molar-refractivity contribution in [3.8, 4) is 0 Å². The highest BCUT2D eigenvalue weighted by atomic mass is 15.2. The lowest BCUT2D eigenvalue weighted by molar-refractivity contribution is 1.14. The summed E-state index contributed by atoms with van der Waals surface area (Å²) in [6, 6.07) is 40.5. The molecule has 1 heterocycles. The Labute approximate surface area is 255 Å². The van der Waals surface area contributed by atoms with Crippen LogP contribution in [0.15, 0.2) is 169 Å². The van der Waals surface area contributed by atoms with Crippen molar-refractivity contribution in [1.29, 1.82) is 0 Å². The molecule has 0 spiro atoms. The fourth-order valence-electron chi connectivity index (χ4n) is 5.83. The molecule has 0 saturated carbocycles. The summed E-state index contributed by atoms with van der Waals surface area (Å²) < 4.78 is 0. The summed E-state index contributed by atoms with van der Waals surface area (Å²) in [5.41, 5.74) is 12.3.